The molecule has 0 amide bonds. The average Bonchev–Trinajstić information content (AvgIpc) is 3.20. The number of furan rings is 1. The van der Waals surface area contributed by atoms with Gasteiger partial charge in [0.25, 0.3) is 0 Å². The molecule has 0 saturated carbocycles. The molecule has 0 aliphatic heterocycles. The summed E-state index contributed by atoms with van der Waals surface area (Å²) in [4.78, 5) is 0. The molecule has 2 heterocycles. The fourth-order valence-corrected chi connectivity index (χ4v) is 4.31. The van der Waals surface area contributed by atoms with Gasteiger partial charge in [-0.25, -0.2) is 0 Å². The highest BCUT2D eigenvalue weighted by atomic mass is 16.3. The van der Waals surface area contributed by atoms with E-state index in [1.54, 1.807) is 6.07 Å². The summed E-state index contributed by atoms with van der Waals surface area (Å²) in [6.45, 7) is 1.64. The number of hydrogen-bond acceptors (Lipinski definition) is 2. The number of nitriles is 1. The number of aromatic nitrogens is 1. The maximum atomic E-state index is 9.85. The third-order valence-corrected chi connectivity index (χ3v) is 6.12. The molecule has 0 unspecified atom stereocenters. The van der Waals surface area contributed by atoms with Gasteiger partial charge in [-0.2, -0.15) is 9.83 Å². The molecule has 0 bridgehead atoms. The van der Waals surface area contributed by atoms with Crippen molar-refractivity contribution in [1.29, 1.82) is 5.26 Å². The second-order valence-corrected chi connectivity index (χ2v) is 7.86. The Bertz CT molecular complexity index is 1620. The Balaban J connectivity index is 1.88. The van der Waals surface area contributed by atoms with Crippen molar-refractivity contribution >= 4 is 21.9 Å². The summed E-state index contributed by atoms with van der Waals surface area (Å²) in [5.74, 6) is 0. The van der Waals surface area contributed by atoms with E-state index in [0.717, 1.165) is 38.7 Å². The van der Waals surface area contributed by atoms with Gasteiger partial charge in [-0.3, -0.25) is 0 Å². The largest absolute Gasteiger partial charge is 0.454 e. The summed E-state index contributed by atoms with van der Waals surface area (Å²) in [6, 6.07) is 23.6. The second kappa shape index (κ2) is 7.11. The second-order valence-electron chi connectivity index (χ2n) is 7.86. The van der Waals surface area contributed by atoms with Crippen LogP contribution >= 0.6 is 0 Å². The minimum Gasteiger partial charge on any atom is -0.454 e. The molecule has 0 aliphatic rings. The van der Waals surface area contributed by atoms with E-state index in [0.29, 0.717) is 28.0 Å². The summed E-state index contributed by atoms with van der Waals surface area (Å²) in [7, 11) is 1.87. The molecular formula is C28H23N2O+. The number of fused-ring (bicyclic) bond motifs is 3. The maximum absolute atomic E-state index is 9.85. The van der Waals surface area contributed by atoms with Crippen LogP contribution in [0.1, 0.15) is 26.5 Å². The van der Waals surface area contributed by atoms with Gasteiger partial charge in [0.1, 0.15) is 18.2 Å². The van der Waals surface area contributed by atoms with Crippen LogP contribution in [-0.4, -0.2) is 0 Å². The van der Waals surface area contributed by atoms with E-state index in [1.807, 2.05) is 86.1 Å². The minimum absolute atomic E-state index is 0.325. The van der Waals surface area contributed by atoms with Gasteiger partial charge in [-0.1, -0.05) is 42.5 Å². The van der Waals surface area contributed by atoms with Crippen LogP contribution in [0.4, 0.5) is 0 Å². The van der Waals surface area contributed by atoms with Gasteiger partial charge in [-0.15, -0.1) is 0 Å². The molecule has 0 N–H and O–H groups in total. The van der Waals surface area contributed by atoms with Gasteiger partial charge in [0.2, 0.25) is 5.69 Å². The molecular weight excluding hydrogens is 380 g/mol. The molecule has 150 valence electrons. The third kappa shape index (κ3) is 2.84. The van der Waals surface area contributed by atoms with Crippen molar-refractivity contribution in [1.82, 2.24) is 0 Å². The summed E-state index contributed by atoms with van der Waals surface area (Å²) < 4.78 is 32.0. The van der Waals surface area contributed by atoms with Crippen LogP contribution in [0, 0.1) is 32.0 Å². The first-order chi connectivity index (χ1) is 16.2. The molecule has 0 radical (unpaired) electrons. The van der Waals surface area contributed by atoms with E-state index in [9.17, 15) is 5.26 Å². The maximum Gasteiger partial charge on any atom is 0.216 e. The average molecular weight is 407 g/mol. The summed E-state index contributed by atoms with van der Waals surface area (Å²) in [6.07, 6.45) is 0. The summed E-state index contributed by atoms with van der Waals surface area (Å²) in [5, 5.41) is 11.5. The number of aryl methyl sites for hydroxylation is 2. The fraction of sp³-hybridized carbons (Fsp3) is 0.143. The van der Waals surface area contributed by atoms with Crippen LogP contribution in [0.15, 0.2) is 71.1 Å². The van der Waals surface area contributed by atoms with Crippen molar-refractivity contribution in [3.05, 3.63) is 89.1 Å². The normalized spacial score (nSPS) is 13.0. The Hall–Kier alpha value is -3.90. The van der Waals surface area contributed by atoms with E-state index in [1.165, 1.54) is 0 Å². The number of rotatable bonds is 2. The van der Waals surface area contributed by atoms with Crippen LogP contribution in [0.5, 0.6) is 0 Å². The van der Waals surface area contributed by atoms with Gasteiger partial charge >= 0.3 is 0 Å². The lowest BCUT2D eigenvalue weighted by molar-refractivity contribution is -0.667. The fourth-order valence-electron chi connectivity index (χ4n) is 4.31. The van der Waals surface area contributed by atoms with E-state index in [-0.39, 0.29) is 0 Å². The predicted octanol–water partition coefficient (Wildman–Crippen LogP) is 6.54. The van der Waals surface area contributed by atoms with E-state index in [2.05, 4.69) is 6.07 Å². The van der Waals surface area contributed by atoms with Crippen LogP contribution < -0.4 is 4.57 Å². The first-order valence-corrected chi connectivity index (χ1v) is 10.2. The van der Waals surface area contributed by atoms with Crippen molar-refractivity contribution in [2.24, 2.45) is 7.05 Å². The topological polar surface area (TPSA) is 40.8 Å². The first kappa shape index (κ1) is 15.9. The quantitative estimate of drug-likeness (QED) is 0.312. The smallest absolute Gasteiger partial charge is 0.216 e. The third-order valence-electron chi connectivity index (χ3n) is 6.12. The zero-order valence-corrected chi connectivity index (χ0v) is 17.7. The lowest BCUT2D eigenvalue weighted by Gasteiger charge is -2.08. The van der Waals surface area contributed by atoms with Gasteiger partial charge < -0.3 is 4.42 Å². The summed E-state index contributed by atoms with van der Waals surface area (Å²) >= 11 is 0. The van der Waals surface area contributed by atoms with Crippen LogP contribution in [-0.2, 0) is 7.05 Å². The Morgan fingerprint density at radius 1 is 0.903 bits per heavy atom. The molecule has 5 aromatic rings. The number of benzene rings is 3. The van der Waals surface area contributed by atoms with Crippen LogP contribution in [0.2, 0.25) is 0 Å². The molecule has 3 heteroatoms. The monoisotopic (exact) mass is 406 g/mol. The standard InChI is InChI=1S/C28H23N2O/c1-17-11-15-24(30(4)19(17)3)25-18(2)10-13-23-26-21(16-29)12-14-22(27(26)31-28(23)25)20-8-6-5-7-9-20/h5-15H,1-4H3/q+1/i1D3. The van der Waals surface area contributed by atoms with Crippen LogP contribution in [0.3, 0.4) is 0 Å². The van der Waals surface area contributed by atoms with Crippen molar-refractivity contribution < 1.29 is 13.1 Å². The first-order valence-electron chi connectivity index (χ1n) is 11.7. The Morgan fingerprint density at radius 3 is 2.42 bits per heavy atom. The lowest BCUT2D eigenvalue weighted by Crippen LogP contribution is -2.35. The van der Waals surface area contributed by atoms with Crippen molar-refractivity contribution in [2.45, 2.75) is 20.7 Å². The molecule has 31 heavy (non-hydrogen) atoms. The molecule has 3 nitrogen and oxygen atoms in total. The minimum atomic E-state index is -2.19. The van der Waals surface area contributed by atoms with E-state index >= 15 is 0 Å². The van der Waals surface area contributed by atoms with Gasteiger partial charge in [-0.05, 0) is 43.1 Å². The van der Waals surface area contributed by atoms with Gasteiger partial charge in [0.05, 0.1) is 17.2 Å². The van der Waals surface area contributed by atoms with Gasteiger partial charge in [0.15, 0.2) is 5.69 Å². The number of pyridine rings is 1. The highest BCUT2D eigenvalue weighted by molar-refractivity contribution is 6.15. The van der Waals surface area contributed by atoms with E-state index < -0.39 is 6.85 Å². The lowest BCUT2D eigenvalue weighted by atomic mass is 9.96. The molecule has 0 fully saturated rings. The molecule has 3 aromatic carbocycles. The molecule has 0 spiro atoms. The number of hydrogen-bond donors (Lipinski definition) is 0. The SMILES string of the molecule is [2H]C([2H])([2H])c1ccc(-c2c(C)ccc3c2oc2c(-c4ccccc4)ccc(C#N)c23)[n+](C)c1C. The molecule has 0 saturated heterocycles. The predicted molar refractivity (Wildman–Crippen MR) is 125 cm³/mol. The molecule has 0 aliphatic carbocycles. The Kier molecular flexibility index (Phi) is 3.64. The molecule has 2 aromatic heterocycles. The highest BCUT2D eigenvalue weighted by Crippen LogP contribution is 2.42. The van der Waals surface area contributed by atoms with Crippen LogP contribution in [0.25, 0.3) is 44.3 Å². The van der Waals surface area contributed by atoms with Crippen molar-refractivity contribution in [3.63, 3.8) is 0 Å². The summed E-state index contributed by atoms with van der Waals surface area (Å²) in [5.41, 5.74) is 7.60. The van der Waals surface area contributed by atoms with Crippen molar-refractivity contribution in [3.8, 4) is 28.5 Å². The highest BCUT2D eigenvalue weighted by Gasteiger charge is 2.24. The van der Waals surface area contributed by atoms with Gasteiger partial charge in [0, 0.05) is 39.0 Å². The molecule has 0 atom stereocenters. The van der Waals surface area contributed by atoms with Crippen molar-refractivity contribution in [2.75, 3.05) is 0 Å². The van der Waals surface area contributed by atoms with E-state index in [4.69, 9.17) is 8.53 Å². The Labute approximate surface area is 186 Å². The Morgan fingerprint density at radius 2 is 1.68 bits per heavy atom. The zero-order chi connectivity index (χ0) is 24.2. The molecule has 5 rings (SSSR count). The number of nitrogens with zero attached hydrogens (tertiary/aromatic N) is 2. The zero-order valence-electron chi connectivity index (χ0n) is 20.7.